The van der Waals surface area contributed by atoms with Crippen molar-refractivity contribution in [3.05, 3.63) is 0 Å². The van der Waals surface area contributed by atoms with Crippen molar-refractivity contribution in [2.75, 3.05) is 25.1 Å². The number of hydrogen-bond donors (Lipinski definition) is 1. The second-order valence-electron chi connectivity index (χ2n) is 6.99. The molecule has 2 heterocycles. The van der Waals surface area contributed by atoms with Gasteiger partial charge < -0.3 is 10.2 Å². The number of carbonyl (C=O) groups is 3. The lowest BCUT2D eigenvalue weighted by molar-refractivity contribution is -0.137. The summed E-state index contributed by atoms with van der Waals surface area (Å²) in [4.78, 5) is 39.8. The van der Waals surface area contributed by atoms with E-state index in [0.717, 1.165) is 24.2 Å². The van der Waals surface area contributed by atoms with Crippen LogP contribution in [0.2, 0.25) is 0 Å². The summed E-state index contributed by atoms with van der Waals surface area (Å²) >= 11 is 0. The van der Waals surface area contributed by atoms with E-state index in [-0.39, 0.29) is 24.0 Å². The molecule has 0 radical (unpaired) electrons. The summed E-state index contributed by atoms with van der Waals surface area (Å²) in [6.07, 6.45) is 4.47. The van der Waals surface area contributed by atoms with E-state index < -0.39 is 33.4 Å². The maximum Gasteiger partial charge on any atom is 0.327 e. The van der Waals surface area contributed by atoms with Gasteiger partial charge in [-0.25, -0.2) is 13.2 Å². The van der Waals surface area contributed by atoms with E-state index >= 15 is 0 Å². The molecule has 1 N–H and O–H groups in total. The third-order valence-electron chi connectivity index (χ3n) is 5.38. The van der Waals surface area contributed by atoms with Gasteiger partial charge in [-0.2, -0.15) is 0 Å². The van der Waals surface area contributed by atoms with Gasteiger partial charge in [-0.15, -0.1) is 0 Å². The molecule has 2 saturated heterocycles. The first-order valence-corrected chi connectivity index (χ1v) is 10.2. The van der Waals surface area contributed by atoms with Crippen LogP contribution in [0, 0.1) is 0 Å². The normalized spacial score (nSPS) is 28.6. The maximum atomic E-state index is 12.8. The highest BCUT2D eigenvalue weighted by Crippen LogP contribution is 2.39. The Morgan fingerprint density at radius 3 is 2.50 bits per heavy atom. The molecule has 9 heteroatoms. The Kier molecular flexibility index (Phi) is 4.31. The highest BCUT2D eigenvalue weighted by atomic mass is 32.2. The van der Waals surface area contributed by atoms with E-state index in [2.05, 4.69) is 5.32 Å². The molecule has 0 aromatic rings. The van der Waals surface area contributed by atoms with Gasteiger partial charge in [0.25, 0.3) is 5.91 Å². The average Bonchev–Trinajstić information content (AvgIpc) is 2.95. The maximum absolute atomic E-state index is 12.8. The largest absolute Gasteiger partial charge is 0.351 e. The van der Waals surface area contributed by atoms with E-state index in [1.165, 1.54) is 4.90 Å². The number of rotatable bonds is 3. The molecule has 1 spiro atoms. The topological polar surface area (TPSA) is 104 Å². The Labute approximate surface area is 141 Å². The quantitative estimate of drug-likeness (QED) is 0.710. The molecule has 3 fully saturated rings. The lowest BCUT2D eigenvalue weighted by atomic mass is 9.81. The third-order valence-corrected chi connectivity index (χ3v) is 7.15. The fraction of sp³-hybridized carbons (Fsp3) is 0.800. The Hall–Kier alpha value is -1.64. The second-order valence-corrected chi connectivity index (χ2v) is 9.22. The zero-order valence-electron chi connectivity index (χ0n) is 13.8. The molecule has 3 aliphatic rings. The summed E-state index contributed by atoms with van der Waals surface area (Å²) in [6.45, 7) is -0.347. The van der Waals surface area contributed by atoms with Crippen LogP contribution in [0.4, 0.5) is 4.79 Å². The predicted octanol–water partition coefficient (Wildman–Crippen LogP) is -0.113. The molecule has 134 valence electrons. The zero-order chi connectivity index (χ0) is 17.5. The van der Waals surface area contributed by atoms with Gasteiger partial charge in [-0.05, 0) is 19.3 Å². The van der Waals surface area contributed by atoms with E-state index in [0.29, 0.717) is 19.3 Å². The van der Waals surface area contributed by atoms with Gasteiger partial charge in [0.15, 0.2) is 9.84 Å². The summed E-state index contributed by atoms with van der Waals surface area (Å²) in [5.74, 6) is -0.806. The molecule has 1 atom stereocenters. The monoisotopic (exact) mass is 357 g/mol. The first-order valence-electron chi connectivity index (χ1n) is 8.35. The molecule has 0 bridgehead atoms. The van der Waals surface area contributed by atoms with E-state index in [4.69, 9.17) is 0 Å². The number of carbonyl (C=O) groups excluding carboxylic acids is 3. The number of likely N-dealkylation sites (N-methyl/N-ethyl adjacent to an activating group) is 1. The Morgan fingerprint density at radius 2 is 1.92 bits per heavy atom. The molecule has 24 heavy (non-hydrogen) atoms. The summed E-state index contributed by atoms with van der Waals surface area (Å²) in [7, 11) is -1.47. The number of hydrogen-bond acceptors (Lipinski definition) is 5. The summed E-state index contributed by atoms with van der Waals surface area (Å²) < 4.78 is 22.9. The van der Waals surface area contributed by atoms with E-state index in [9.17, 15) is 22.8 Å². The first-order chi connectivity index (χ1) is 11.3. The number of imide groups is 1. The lowest BCUT2D eigenvalue weighted by Gasteiger charge is -2.35. The molecule has 4 amide bonds. The number of nitrogens with zero attached hydrogens (tertiary/aromatic N) is 2. The lowest BCUT2D eigenvalue weighted by Crippen LogP contribution is -2.50. The van der Waals surface area contributed by atoms with Crippen molar-refractivity contribution in [3.8, 4) is 0 Å². The van der Waals surface area contributed by atoms with Crippen LogP contribution >= 0.6 is 0 Å². The van der Waals surface area contributed by atoms with Gasteiger partial charge in [0.1, 0.15) is 12.1 Å². The van der Waals surface area contributed by atoms with Crippen molar-refractivity contribution in [3.63, 3.8) is 0 Å². The standard InChI is InChI=1S/C15H23N3O5S/c1-17-14(21)18(13(20)15(17)6-3-2-4-7-15)9-12(19)16-11-5-8-24(22,23)10-11/h11H,2-10H2,1H3,(H,16,19)/t11-/m0/s1. The summed E-state index contributed by atoms with van der Waals surface area (Å²) in [5.41, 5.74) is -0.799. The third kappa shape index (κ3) is 2.89. The fourth-order valence-corrected chi connectivity index (χ4v) is 5.67. The van der Waals surface area contributed by atoms with Crippen LogP contribution in [0.25, 0.3) is 0 Å². The second kappa shape index (κ2) is 6.02. The highest BCUT2D eigenvalue weighted by molar-refractivity contribution is 7.91. The molecule has 3 rings (SSSR count). The van der Waals surface area contributed by atoms with Crippen molar-refractivity contribution in [1.29, 1.82) is 0 Å². The van der Waals surface area contributed by atoms with Crippen LogP contribution in [0.3, 0.4) is 0 Å². The minimum Gasteiger partial charge on any atom is -0.351 e. The molecule has 1 aliphatic carbocycles. The van der Waals surface area contributed by atoms with Gasteiger partial charge in [0.2, 0.25) is 5.91 Å². The number of nitrogens with one attached hydrogen (secondary N) is 1. The number of sulfone groups is 1. The molecular formula is C15H23N3O5S. The van der Waals surface area contributed by atoms with Crippen LogP contribution in [-0.4, -0.2) is 72.7 Å². The Morgan fingerprint density at radius 1 is 1.25 bits per heavy atom. The van der Waals surface area contributed by atoms with Crippen molar-refractivity contribution < 1.29 is 22.8 Å². The first kappa shape index (κ1) is 17.2. The van der Waals surface area contributed by atoms with Crippen molar-refractivity contribution >= 4 is 27.7 Å². The Balaban J connectivity index is 1.65. The molecule has 0 aromatic carbocycles. The van der Waals surface area contributed by atoms with E-state index in [1.54, 1.807) is 7.05 Å². The molecule has 1 saturated carbocycles. The molecular weight excluding hydrogens is 334 g/mol. The summed E-state index contributed by atoms with van der Waals surface area (Å²) in [5, 5.41) is 2.63. The van der Waals surface area contributed by atoms with Crippen molar-refractivity contribution in [1.82, 2.24) is 15.1 Å². The Bertz CT molecular complexity index is 669. The van der Waals surface area contributed by atoms with Crippen LogP contribution in [0.1, 0.15) is 38.5 Å². The minimum atomic E-state index is -3.09. The van der Waals surface area contributed by atoms with E-state index in [1.807, 2.05) is 0 Å². The van der Waals surface area contributed by atoms with Crippen molar-refractivity contribution in [2.45, 2.75) is 50.1 Å². The number of urea groups is 1. The minimum absolute atomic E-state index is 0.0609. The smallest absolute Gasteiger partial charge is 0.327 e. The van der Waals surface area contributed by atoms with Crippen LogP contribution in [0.15, 0.2) is 0 Å². The molecule has 2 aliphatic heterocycles. The highest BCUT2D eigenvalue weighted by Gasteiger charge is 2.55. The van der Waals surface area contributed by atoms with Gasteiger partial charge in [-0.3, -0.25) is 14.5 Å². The zero-order valence-corrected chi connectivity index (χ0v) is 14.6. The SMILES string of the molecule is CN1C(=O)N(CC(=O)N[C@H]2CCS(=O)(=O)C2)C(=O)C12CCCCC2. The van der Waals surface area contributed by atoms with Crippen LogP contribution in [-0.2, 0) is 19.4 Å². The average molecular weight is 357 g/mol. The van der Waals surface area contributed by atoms with Crippen LogP contribution in [0.5, 0.6) is 0 Å². The van der Waals surface area contributed by atoms with Gasteiger partial charge in [0, 0.05) is 13.1 Å². The van der Waals surface area contributed by atoms with Gasteiger partial charge >= 0.3 is 6.03 Å². The fourth-order valence-electron chi connectivity index (χ4n) is 4.00. The van der Waals surface area contributed by atoms with Crippen LogP contribution < -0.4 is 5.32 Å². The molecule has 0 unspecified atom stereocenters. The van der Waals surface area contributed by atoms with Gasteiger partial charge in [0.05, 0.1) is 11.5 Å². The molecule has 8 nitrogen and oxygen atoms in total. The van der Waals surface area contributed by atoms with Crippen molar-refractivity contribution in [2.24, 2.45) is 0 Å². The summed E-state index contributed by atoms with van der Waals surface area (Å²) in [6, 6.07) is -0.882. The number of amides is 4. The van der Waals surface area contributed by atoms with Gasteiger partial charge in [-0.1, -0.05) is 19.3 Å². The molecule has 0 aromatic heterocycles. The predicted molar refractivity (Wildman–Crippen MR) is 85.9 cm³/mol.